The van der Waals surface area contributed by atoms with Gasteiger partial charge in [-0.2, -0.15) is 18.2 Å². The predicted octanol–water partition coefficient (Wildman–Crippen LogP) is 2.76. The van der Waals surface area contributed by atoms with E-state index in [0.717, 1.165) is 0 Å². The van der Waals surface area contributed by atoms with Gasteiger partial charge in [0.15, 0.2) is 0 Å². The first-order chi connectivity index (χ1) is 7.47. The molecule has 15 heavy (non-hydrogen) atoms. The van der Waals surface area contributed by atoms with Gasteiger partial charge in [-0.25, -0.2) is 0 Å². The maximum atomic E-state index is 12.2. The summed E-state index contributed by atoms with van der Waals surface area (Å²) in [5, 5.41) is 3.22. The lowest BCUT2D eigenvalue weighted by Gasteiger charge is -1.96. The maximum Gasteiger partial charge on any atom is 0.471 e. The van der Waals surface area contributed by atoms with Crippen LogP contribution in [0.5, 0.6) is 0 Å². The van der Waals surface area contributed by atoms with Crippen molar-refractivity contribution in [2.45, 2.75) is 6.18 Å². The van der Waals surface area contributed by atoms with Crippen molar-refractivity contribution in [3.05, 3.63) is 36.2 Å². The van der Waals surface area contributed by atoms with Gasteiger partial charge in [0.05, 0.1) is 1.37 Å². The Labute approximate surface area is 83.9 Å². The van der Waals surface area contributed by atoms with Crippen LogP contribution in [0.2, 0.25) is 0 Å². The minimum absolute atomic E-state index is 0.146. The van der Waals surface area contributed by atoms with Gasteiger partial charge in [0, 0.05) is 5.56 Å². The van der Waals surface area contributed by atoms with Crippen molar-refractivity contribution in [2.75, 3.05) is 0 Å². The fourth-order valence-electron chi connectivity index (χ4n) is 0.992. The first kappa shape index (κ1) is 8.46. The maximum absolute atomic E-state index is 12.2. The van der Waals surface area contributed by atoms with Crippen molar-refractivity contribution < 1.29 is 19.1 Å². The lowest BCUT2D eigenvalue weighted by molar-refractivity contribution is -0.159. The van der Waals surface area contributed by atoms with Crippen LogP contribution in [0, 0.1) is 0 Å². The molecule has 78 valence electrons. The van der Waals surface area contributed by atoms with E-state index in [1.807, 2.05) is 0 Å². The second-order valence-electron chi connectivity index (χ2n) is 2.71. The number of benzene rings is 1. The first-order valence-corrected chi connectivity index (χ1v) is 3.95. The van der Waals surface area contributed by atoms with Crippen LogP contribution in [0.4, 0.5) is 13.2 Å². The molecule has 0 bridgehead atoms. The summed E-state index contributed by atoms with van der Waals surface area (Å²) in [5.41, 5.74) is 0.371. The Balaban J connectivity index is 2.35. The van der Waals surface area contributed by atoms with Crippen molar-refractivity contribution in [2.24, 2.45) is 0 Å². The minimum atomic E-state index is -4.64. The number of alkyl halides is 3. The van der Waals surface area contributed by atoms with E-state index in [-0.39, 0.29) is 11.9 Å². The molecule has 6 heteroatoms. The zero-order valence-corrected chi connectivity index (χ0v) is 7.25. The summed E-state index contributed by atoms with van der Waals surface area (Å²) in [4.78, 5) is 3.22. The minimum Gasteiger partial charge on any atom is -0.329 e. The monoisotopic (exact) mass is 216 g/mol. The Hall–Kier alpha value is -1.85. The Morgan fingerprint density at radius 1 is 1.27 bits per heavy atom. The van der Waals surface area contributed by atoms with Crippen LogP contribution in [0.15, 0.2) is 34.8 Å². The van der Waals surface area contributed by atoms with Crippen LogP contribution >= 0.6 is 0 Å². The number of aromatic nitrogens is 2. The highest BCUT2D eigenvalue weighted by Gasteiger charge is 2.38. The summed E-state index contributed by atoms with van der Waals surface area (Å²) < 4.78 is 47.8. The van der Waals surface area contributed by atoms with Crippen molar-refractivity contribution in [1.82, 2.24) is 10.1 Å². The van der Waals surface area contributed by atoms with Gasteiger partial charge in [0.2, 0.25) is 5.82 Å². The van der Waals surface area contributed by atoms with Crippen LogP contribution in [-0.4, -0.2) is 10.1 Å². The summed E-state index contributed by atoms with van der Waals surface area (Å²) >= 11 is 0. The molecule has 0 amide bonds. The molecule has 0 atom stereocenters. The molecule has 0 saturated carbocycles. The molecule has 0 N–H and O–H groups in total. The molecule has 1 aromatic heterocycles. The van der Waals surface area contributed by atoms with Crippen LogP contribution in [0.25, 0.3) is 11.4 Å². The van der Waals surface area contributed by atoms with Crippen LogP contribution in [-0.2, 0) is 6.18 Å². The molecule has 1 aromatic carbocycles. The van der Waals surface area contributed by atoms with Gasteiger partial charge in [-0.1, -0.05) is 35.5 Å². The average molecular weight is 216 g/mol. The quantitative estimate of drug-likeness (QED) is 0.735. The number of rotatable bonds is 1. The highest BCUT2D eigenvalue weighted by molar-refractivity contribution is 5.53. The van der Waals surface area contributed by atoms with E-state index in [9.17, 15) is 13.2 Å². The van der Waals surface area contributed by atoms with Gasteiger partial charge >= 0.3 is 12.1 Å². The van der Waals surface area contributed by atoms with E-state index >= 15 is 0 Å². The van der Waals surface area contributed by atoms with E-state index in [4.69, 9.17) is 1.37 Å². The van der Waals surface area contributed by atoms with Gasteiger partial charge < -0.3 is 4.52 Å². The zero-order valence-electron chi connectivity index (χ0n) is 8.25. The average Bonchev–Trinajstić information content (AvgIpc) is 2.67. The Morgan fingerprint density at radius 2 is 1.93 bits per heavy atom. The van der Waals surface area contributed by atoms with E-state index in [0.29, 0.717) is 5.56 Å². The highest BCUT2D eigenvalue weighted by atomic mass is 19.4. The molecule has 0 fully saturated rings. The second kappa shape index (κ2) is 3.38. The molecule has 0 aliphatic heterocycles. The van der Waals surface area contributed by atoms with Crippen LogP contribution < -0.4 is 0 Å². The van der Waals surface area contributed by atoms with E-state index in [2.05, 4.69) is 14.7 Å². The molecule has 2 aromatic rings. The molecule has 0 aliphatic carbocycles. The van der Waals surface area contributed by atoms with E-state index in [1.165, 1.54) is 24.3 Å². The first-order valence-electron chi connectivity index (χ1n) is 4.45. The van der Waals surface area contributed by atoms with Gasteiger partial charge in [-0.05, 0) is 0 Å². The summed E-state index contributed by atoms with van der Waals surface area (Å²) in [6.07, 6.45) is -4.64. The third-order valence-corrected chi connectivity index (χ3v) is 1.64. The molecule has 3 nitrogen and oxygen atoms in total. The lowest BCUT2D eigenvalue weighted by atomic mass is 10.2. The fourth-order valence-corrected chi connectivity index (χ4v) is 0.992. The largest absolute Gasteiger partial charge is 0.471 e. The predicted molar refractivity (Wildman–Crippen MR) is 44.7 cm³/mol. The zero-order chi connectivity index (χ0) is 11.8. The lowest BCUT2D eigenvalue weighted by Crippen LogP contribution is -2.04. The number of hydrogen-bond donors (Lipinski definition) is 0. The molecule has 0 aliphatic rings. The molecule has 0 radical (unpaired) electrons. The van der Waals surface area contributed by atoms with Crippen molar-refractivity contribution in [3.63, 3.8) is 0 Å². The Kier molecular flexibility index (Phi) is 1.90. The third-order valence-electron chi connectivity index (χ3n) is 1.64. The molecule has 0 spiro atoms. The molecule has 0 saturated heterocycles. The van der Waals surface area contributed by atoms with Crippen molar-refractivity contribution >= 4 is 0 Å². The summed E-state index contributed by atoms with van der Waals surface area (Å²) in [7, 11) is 0. The molecule has 1 heterocycles. The standard InChI is InChI=1S/C9H5F3N2O/c10-9(11,12)8-13-7(14-15-8)6-4-2-1-3-5-6/h1-5H/i1T. The summed E-state index contributed by atoms with van der Waals surface area (Å²) in [5.74, 6) is -1.52. The van der Waals surface area contributed by atoms with Gasteiger partial charge in [0.25, 0.3) is 0 Å². The molecular formula is C9H5F3N2O. The van der Waals surface area contributed by atoms with E-state index < -0.39 is 12.1 Å². The van der Waals surface area contributed by atoms with Crippen LogP contribution in [0.3, 0.4) is 0 Å². The van der Waals surface area contributed by atoms with Gasteiger partial charge in [-0.3, -0.25) is 0 Å². The second-order valence-corrected chi connectivity index (χ2v) is 2.71. The van der Waals surface area contributed by atoms with Crippen molar-refractivity contribution in [1.29, 1.82) is 0 Å². The molecule has 0 unspecified atom stereocenters. The normalized spacial score (nSPS) is 12.6. The van der Waals surface area contributed by atoms with Gasteiger partial charge in [-0.15, -0.1) is 0 Å². The number of hydrogen-bond acceptors (Lipinski definition) is 3. The smallest absolute Gasteiger partial charge is 0.329 e. The topological polar surface area (TPSA) is 38.9 Å². The Morgan fingerprint density at radius 3 is 2.47 bits per heavy atom. The molecular weight excluding hydrogens is 209 g/mol. The SMILES string of the molecule is [3H]c1ccc(-c2noc(C(F)(F)F)n2)cc1. The highest BCUT2D eigenvalue weighted by Crippen LogP contribution is 2.29. The third kappa shape index (κ3) is 1.98. The number of halogens is 3. The molecule has 2 rings (SSSR count). The fraction of sp³-hybridized carbons (Fsp3) is 0.111. The van der Waals surface area contributed by atoms with E-state index in [1.54, 1.807) is 0 Å². The summed E-state index contributed by atoms with van der Waals surface area (Å²) in [6, 6.07) is 6.02. The number of nitrogens with zero attached hydrogens (tertiary/aromatic N) is 2. The summed E-state index contributed by atoms with van der Waals surface area (Å²) in [6.45, 7) is 0. The van der Waals surface area contributed by atoms with Gasteiger partial charge in [0.1, 0.15) is 0 Å². The van der Waals surface area contributed by atoms with Crippen molar-refractivity contribution in [3.8, 4) is 11.4 Å². The van der Waals surface area contributed by atoms with Crippen LogP contribution in [0.1, 0.15) is 7.26 Å². The Bertz CT molecular complexity index is 492.